The van der Waals surface area contributed by atoms with Gasteiger partial charge in [0, 0.05) is 54.0 Å². The lowest BCUT2D eigenvalue weighted by Crippen LogP contribution is -2.27. The molecule has 14 rings (SSSR count). The van der Waals surface area contributed by atoms with Crippen LogP contribution in [0, 0.1) is 26.6 Å². The topological polar surface area (TPSA) is 183 Å². The van der Waals surface area contributed by atoms with Crippen molar-refractivity contribution in [2.75, 3.05) is 32.9 Å². The number of carbonyl (C=O) groups excluding carboxylic acids is 1. The highest BCUT2D eigenvalue weighted by Crippen LogP contribution is 2.28. The number of aromatic nitrogens is 2. The van der Waals surface area contributed by atoms with Gasteiger partial charge in [0.1, 0.15) is 45.4 Å². The van der Waals surface area contributed by atoms with E-state index < -0.39 is 15.8 Å². The second kappa shape index (κ2) is 41.5. The predicted octanol–water partition coefficient (Wildman–Crippen LogP) is 21.1. The highest BCUT2D eigenvalue weighted by molar-refractivity contribution is 7.89. The SMILES string of the molecule is C.Cc1ccc(Cc2ccccc2)cc1.Cc1nsc(-c2ccc(Cl)cc2)n1.Cc1oc(-c2ccc(Cl)cc2)cc1C(=O)N(C)C.Nc1ccc(Cc2ccccc2)cc1.O=S(=O)(c1cccc(F)c1)N1CCCC1.Oc1ccc(Cc2ccc(O)cc2)cc1.Oc1ccc(Cc2ccccc2)cc1. The third-order valence-corrected chi connectivity index (χ3v) is 19.1. The average molecular weight is 1470 g/mol. The van der Waals surface area contributed by atoms with Crippen molar-refractivity contribution in [2.24, 2.45) is 0 Å². The van der Waals surface area contributed by atoms with Crippen LogP contribution in [0.2, 0.25) is 10.0 Å². The molecule has 2 aromatic heterocycles. The minimum Gasteiger partial charge on any atom is -0.508 e. The fourth-order valence-electron chi connectivity index (χ4n) is 10.3. The van der Waals surface area contributed by atoms with Crippen LogP contribution in [0.3, 0.4) is 0 Å². The van der Waals surface area contributed by atoms with Crippen molar-refractivity contribution in [3.05, 3.63) is 374 Å². The molecule has 1 aliphatic rings. The Bertz CT molecular complexity index is 4520. The van der Waals surface area contributed by atoms with Gasteiger partial charge in [0.2, 0.25) is 10.0 Å². The lowest BCUT2D eigenvalue weighted by atomic mass is 10.0. The van der Waals surface area contributed by atoms with Gasteiger partial charge in [0.15, 0.2) is 0 Å². The van der Waals surface area contributed by atoms with E-state index in [2.05, 4.69) is 119 Å². The van der Waals surface area contributed by atoms with E-state index in [1.54, 1.807) is 75.6 Å². The number of sulfonamides is 1. The molecule has 3 heterocycles. The third kappa shape index (κ3) is 27.3. The van der Waals surface area contributed by atoms with Gasteiger partial charge in [0.05, 0.1) is 10.5 Å². The Balaban J connectivity index is 0.000000170. The standard InChI is InChI=1S/C14H14ClNO2.C14H14.C13H13N.C13H12O2.C13H12O.C10H12FNO2S.C9H7ClN2S.CH4/c1-9-12(14(17)16(2)3)8-13(18-9)10-4-6-11(15)7-5-10;1-12-7-9-14(10-8-12)11-13-5-3-2-4-6-13;14-13-8-6-12(7-9-13)10-11-4-2-1-3-5-11;14-12-5-1-10(2-6-12)9-11-3-7-13(15)8-4-11;14-13-8-6-12(7-9-13)10-11-4-2-1-3-5-11;11-9-4-3-5-10(8-9)15(13,14)12-6-1-2-7-12;1-6-11-9(13-12-6)7-2-4-8(10)5-3-7;/h4-8H,1-3H3;2-10H,11H2,1H3;1-9H,10,14H2;1-8,14-15H,9H2;1-9,14H,10H2;3-5,8H,1-2,6-7H2;2-5H,1H3;1H4. The van der Waals surface area contributed by atoms with E-state index >= 15 is 0 Å². The first kappa shape index (κ1) is 80.7. The summed E-state index contributed by atoms with van der Waals surface area (Å²) in [5.74, 6) is 2.42. The maximum absolute atomic E-state index is 12.9. The van der Waals surface area contributed by atoms with Gasteiger partial charge in [-0.3, -0.25) is 4.79 Å². The maximum Gasteiger partial charge on any atom is 0.256 e. The summed E-state index contributed by atoms with van der Waals surface area (Å²) in [5.41, 5.74) is 20.5. The molecule has 1 saturated heterocycles. The van der Waals surface area contributed by atoms with Crippen molar-refractivity contribution in [1.82, 2.24) is 18.6 Å². The summed E-state index contributed by atoms with van der Waals surface area (Å²) < 4.78 is 47.9. The lowest BCUT2D eigenvalue weighted by Gasteiger charge is -2.15. The van der Waals surface area contributed by atoms with Crippen LogP contribution >= 0.6 is 34.7 Å². The number of aromatic hydroxyl groups is 3. The van der Waals surface area contributed by atoms with Gasteiger partial charge in [-0.15, -0.1) is 0 Å². The molecule has 12 nitrogen and oxygen atoms in total. The van der Waals surface area contributed by atoms with E-state index in [0.717, 1.165) is 88.4 Å². The second-order valence-corrected chi connectivity index (χ2v) is 28.0. The van der Waals surface area contributed by atoms with Crippen molar-refractivity contribution in [3.8, 4) is 39.1 Å². The molecule has 5 N–H and O–H groups in total. The summed E-state index contributed by atoms with van der Waals surface area (Å²) in [6.45, 7) is 6.87. The Morgan fingerprint density at radius 3 is 1.26 bits per heavy atom. The quantitative estimate of drug-likeness (QED) is 0.0811. The Morgan fingerprint density at radius 1 is 0.510 bits per heavy atom. The van der Waals surface area contributed by atoms with Crippen molar-refractivity contribution < 1.29 is 37.3 Å². The van der Waals surface area contributed by atoms with Crippen LogP contribution in [-0.4, -0.2) is 75.4 Å². The van der Waals surface area contributed by atoms with Gasteiger partial charge in [0.25, 0.3) is 5.91 Å². The van der Waals surface area contributed by atoms with Gasteiger partial charge < -0.3 is 30.4 Å². The normalized spacial score (nSPS) is 11.2. The number of halogens is 3. The number of nitrogens with zero attached hydrogens (tertiary/aromatic N) is 4. The van der Waals surface area contributed by atoms with Crippen LogP contribution in [0.4, 0.5) is 10.1 Å². The molecule has 536 valence electrons. The molecule has 0 aliphatic carbocycles. The van der Waals surface area contributed by atoms with Gasteiger partial charge >= 0.3 is 0 Å². The first-order valence-electron chi connectivity index (χ1n) is 33.4. The van der Waals surface area contributed by atoms with Crippen LogP contribution in [0.15, 0.2) is 300 Å². The molecule has 1 fully saturated rings. The van der Waals surface area contributed by atoms with E-state index in [-0.39, 0.29) is 29.7 Å². The molecule has 17 heteroatoms. The number of amides is 1. The molecule has 1 aliphatic heterocycles. The average Bonchev–Trinajstić information content (AvgIpc) is 1.54. The summed E-state index contributed by atoms with van der Waals surface area (Å²) in [6.07, 6.45) is 5.49. The molecule has 104 heavy (non-hydrogen) atoms. The number of aryl methyl sites for hydroxylation is 3. The predicted molar refractivity (Wildman–Crippen MR) is 425 cm³/mol. The number of anilines is 1. The number of hydrogen-bond donors (Lipinski definition) is 4. The molecule has 0 unspecified atom stereocenters. The maximum atomic E-state index is 12.9. The number of nitrogen functional groups attached to an aromatic ring is 1. The fourth-order valence-corrected chi connectivity index (χ4v) is 12.8. The molecular weight excluding hydrogens is 1380 g/mol. The summed E-state index contributed by atoms with van der Waals surface area (Å²) >= 11 is 13.0. The van der Waals surface area contributed by atoms with E-state index in [4.69, 9.17) is 48.7 Å². The van der Waals surface area contributed by atoms with Crippen LogP contribution in [0.25, 0.3) is 21.9 Å². The number of hydrogen-bond acceptors (Lipinski definition) is 11. The van der Waals surface area contributed by atoms with Crippen molar-refractivity contribution in [1.29, 1.82) is 0 Å². The molecule has 0 atom stereocenters. The van der Waals surface area contributed by atoms with E-state index in [9.17, 15) is 17.6 Å². The number of phenols is 3. The Labute approximate surface area is 626 Å². The summed E-state index contributed by atoms with van der Waals surface area (Å²) in [4.78, 5) is 17.8. The zero-order valence-electron chi connectivity index (χ0n) is 58.2. The van der Waals surface area contributed by atoms with Crippen molar-refractivity contribution in [2.45, 2.75) is 71.6 Å². The van der Waals surface area contributed by atoms with Gasteiger partial charge in [-0.2, -0.15) is 8.68 Å². The molecule has 0 radical (unpaired) electrons. The molecule has 1 amide bonds. The number of carbonyl (C=O) groups is 1. The van der Waals surface area contributed by atoms with Crippen LogP contribution < -0.4 is 5.73 Å². The van der Waals surface area contributed by atoms with Gasteiger partial charge in [-0.1, -0.05) is 218 Å². The smallest absolute Gasteiger partial charge is 0.256 e. The molecular formula is C87H88Cl2FN5O7S2. The monoisotopic (exact) mass is 1470 g/mol. The summed E-state index contributed by atoms with van der Waals surface area (Å²) in [6, 6.07) is 91.5. The molecule has 0 bridgehead atoms. The highest BCUT2D eigenvalue weighted by Gasteiger charge is 2.27. The Kier molecular flexibility index (Phi) is 32.1. The minimum absolute atomic E-state index is 0. The van der Waals surface area contributed by atoms with E-state index in [0.29, 0.717) is 40.9 Å². The van der Waals surface area contributed by atoms with Crippen LogP contribution in [0.1, 0.15) is 92.3 Å². The third-order valence-electron chi connectivity index (χ3n) is 15.9. The van der Waals surface area contributed by atoms with Crippen LogP contribution in [-0.2, 0) is 35.7 Å². The minimum atomic E-state index is -3.47. The first-order chi connectivity index (χ1) is 49.6. The zero-order valence-corrected chi connectivity index (χ0v) is 61.3. The Morgan fingerprint density at radius 2 is 0.885 bits per heavy atom. The molecule has 13 aromatic rings. The second-order valence-electron chi connectivity index (χ2n) is 24.4. The summed E-state index contributed by atoms with van der Waals surface area (Å²) in [7, 11) is -0.0299. The van der Waals surface area contributed by atoms with Gasteiger partial charge in [-0.05, 0) is 225 Å². The zero-order chi connectivity index (χ0) is 73.5. The largest absolute Gasteiger partial charge is 0.508 e. The fraction of sp³-hybridized carbons (Fsp3) is 0.161. The van der Waals surface area contributed by atoms with Crippen molar-refractivity contribution >= 4 is 56.4 Å². The highest BCUT2D eigenvalue weighted by atomic mass is 35.5. The number of rotatable bonds is 13. The first-order valence-corrected chi connectivity index (χ1v) is 36.3. The number of furan rings is 1. The number of nitrogens with two attached hydrogens (primary N) is 1. The molecule has 11 aromatic carbocycles. The van der Waals surface area contributed by atoms with Crippen LogP contribution in [0.5, 0.6) is 17.2 Å². The molecule has 0 spiro atoms. The van der Waals surface area contributed by atoms with E-state index in [1.807, 2.05) is 116 Å². The van der Waals surface area contributed by atoms with Crippen molar-refractivity contribution in [3.63, 3.8) is 0 Å². The summed E-state index contributed by atoms with van der Waals surface area (Å²) in [5, 5.41) is 29.7. The van der Waals surface area contributed by atoms with E-state index in [1.165, 1.54) is 77.9 Å². The molecule has 0 saturated carbocycles. The number of phenolic OH excluding ortho intramolecular Hbond substituents is 3. The van der Waals surface area contributed by atoms with Gasteiger partial charge in [-0.25, -0.2) is 17.8 Å². The number of benzene rings is 11. The lowest BCUT2D eigenvalue weighted by molar-refractivity contribution is 0.0825. The Hall–Kier alpha value is -10.7.